The molecule has 16 atom stereocenters. The molecular formula is C113H142N12O17S2. The van der Waals surface area contributed by atoms with E-state index in [4.69, 9.17) is 14.2 Å². The van der Waals surface area contributed by atoms with Gasteiger partial charge < -0.3 is 81.9 Å². The maximum atomic E-state index is 15.7. The Balaban J connectivity index is 0.690. The molecule has 0 spiro atoms. The molecule has 3 saturated heterocycles. The number of aliphatic carboxylic acids is 1. The van der Waals surface area contributed by atoms with Gasteiger partial charge in [0.1, 0.15) is 79.1 Å². The monoisotopic (exact) mass is 2000 g/mol. The van der Waals surface area contributed by atoms with Crippen LogP contribution in [-0.4, -0.2) is 231 Å². The zero-order valence-electron chi connectivity index (χ0n) is 85.2. The topological polar surface area (TPSA) is 388 Å². The fourth-order valence-electron chi connectivity index (χ4n) is 19.5. The van der Waals surface area contributed by atoms with Gasteiger partial charge in [0.25, 0.3) is 0 Å². The number of alkyl carbamates (subject to hydrolysis) is 1. The van der Waals surface area contributed by atoms with Crippen LogP contribution in [0.5, 0.6) is 0 Å². The number of nitrogens with zero attached hydrogens (tertiary/aromatic N) is 3. The molecule has 0 bridgehead atoms. The highest BCUT2D eigenvalue weighted by Gasteiger charge is 2.50. The molecule has 4 aliphatic rings. The number of nitrogens with one attached hydrogen (secondary N) is 9. The number of carboxylic acid groups (broad SMARTS) is 1. The highest BCUT2D eigenvalue weighted by molar-refractivity contribution is 8.01. The standard InChI is InChI=1S/C113H142N12O17S2/c1-16-70(4)93(119-100(129)90-60-41-63-123(90)105(134)88(118-109(139)140-66-86-84-58-39-37-56-82(84)83-57-38-40-59-85(83)86)68-143-112(76-44-25-19-26-45-76,77-46-27-20-28-47-77)78-48-29-21-30-49-78)102(131)114-74(8)98(127)122-96(75(9)142-111(13,14)15)104(133)115-73(7)97(126)116-87(67-141-110(10,11)12)99(128)121-95(72(6)18-3)107(136)125-65-43-62-92(125)106(135)124-64-42-61-91(124)101(130)120-94(71(5)17-2)103(132)117-89(108(137)138)69-144-113(79-50-31-22-32-51-79,80-52-33-23-34-53-80)81-54-35-24-36-55-81/h19-40,44-59,70-75,86-96H,16-18,41-43,60-69H2,1-15H3,(H,114,131)(H,115,133)(H,116,126)(H,117,132)(H,118,139)(H,119,129)(H,120,130)(H,121,128)(H,122,127)(H,137,138)/t70-,71-,72-,73-,74-,75+,87-,88-,89-,90-,91-,92-,93-,94-,95-,96-/m0/s1. The first kappa shape index (κ1) is 110. The van der Waals surface area contributed by atoms with Crippen LogP contribution >= 0.6 is 23.5 Å². The molecule has 3 heterocycles. The van der Waals surface area contributed by atoms with Crippen molar-refractivity contribution in [2.24, 2.45) is 17.8 Å². The lowest BCUT2D eigenvalue weighted by Crippen LogP contribution is -2.63. The Bertz CT molecular complexity index is 5510. The second-order valence-corrected chi connectivity index (χ2v) is 42.6. The minimum Gasteiger partial charge on any atom is -0.480 e. The van der Waals surface area contributed by atoms with Crippen molar-refractivity contribution in [1.29, 1.82) is 0 Å². The summed E-state index contributed by atoms with van der Waals surface area (Å²) < 4.78 is 16.7. The number of hydrogen-bond acceptors (Lipinski definition) is 18. The number of benzene rings is 8. The molecule has 0 unspecified atom stereocenters. The van der Waals surface area contributed by atoms with Gasteiger partial charge in [-0.15, -0.1) is 23.5 Å². The molecule has 12 amide bonds. The van der Waals surface area contributed by atoms with Crippen LogP contribution in [0.4, 0.5) is 4.79 Å². The smallest absolute Gasteiger partial charge is 0.407 e. The first-order valence-corrected chi connectivity index (χ1v) is 52.4. The molecule has 768 valence electrons. The van der Waals surface area contributed by atoms with Crippen molar-refractivity contribution in [3.05, 3.63) is 275 Å². The first-order chi connectivity index (χ1) is 68.8. The van der Waals surface area contributed by atoms with Gasteiger partial charge in [0.05, 0.1) is 33.4 Å². The molecule has 0 saturated carbocycles. The molecule has 29 nitrogen and oxygen atoms in total. The summed E-state index contributed by atoms with van der Waals surface area (Å²) in [5.74, 6) is -11.1. The van der Waals surface area contributed by atoms with Crippen LogP contribution in [0, 0.1) is 17.8 Å². The number of ether oxygens (including phenoxy) is 3. The van der Waals surface area contributed by atoms with Gasteiger partial charge in [0.2, 0.25) is 65.0 Å². The zero-order chi connectivity index (χ0) is 104. The summed E-state index contributed by atoms with van der Waals surface area (Å²) >= 11 is 2.82. The Hall–Kier alpha value is -12.7. The van der Waals surface area contributed by atoms with Crippen LogP contribution in [0.2, 0.25) is 0 Å². The normalized spacial score (nSPS) is 18.0. The average molecular weight is 2000 g/mol. The molecule has 8 aromatic carbocycles. The van der Waals surface area contributed by atoms with Gasteiger partial charge >= 0.3 is 12.1 Å². The lowest BCUT2D eigenvalue weighted by atomic mass is 9.84. The molecule has 144 heavy (non-hydrogen) atoms. The van der Waals surface area contributed by atoms with Gasteiger partial charge in [0, 0.05) is 37.1 Å². The van der Waals surface area contributed by atoms with Crippen LogP contribution in [0.15, 0.2) is 231 Å². The predicted octanol–water partition coefficient (Wildman–Crippen LogP) is 13.5. The summed E-state index contributed by atoms with van der Waals surface area (Å²) in [6, 6.07) is 59.4. The number of hydrogen-bond donors (Lipinski definition) is 10. The summed E-state index contributed by atoms with van der Waals surface area (Å²) in [5.41, 5.74) is 7.73. The largest absolute Gasteiger partial charge is 0.480 e. The minimum atomic E-state index is -1.54. The third-order valence-corrected chi connectivity index (χ3v) is 31.1. The molecule has 3 fully saturated rings. The van der Waals surface area contributed by atoms with E-state index in [1.54, 1.807) is 69.2 Å². The van der Waals surface area contributed by atoms with Crippen molar-refractivity contribution in [2.75, 3.05) is 44.4 Å². The number of rotatable bonds is 45. The quantitative estimate of drug-likeness (QED) is 0.0158. The number of amides is 12. The highest BCUT2D eigenvalue weighted by atomic mass is 32.2. The Labute approximate surface area is 854 Å². The van der Waals surface area contributed by atoms with E-state index in [0.29, 0.717) is 38.5 Å². The second kappa shape index (κ2) is 50.2. The third-order valence-electron chi connectivity index (χ3n) is 27.8. The van der Waals surface area contributed by atoms with Gasteiger partial charge in [0.15, 0.2) is 0 Å². The number of carboxylic acids is 1. The van der Waals surface area contributed by atoms with Crippen LogP contribution in [0.25, 0.3) is 11.1 Å². The van der Waals surface area contributed by atoms with Crippen LogP contribution in [-0.2, 0) is 81.2 Å². The van der Waals surface area contributed by atoms with E-state index in [1.807, 2.05) is 251 Å². The number of likely N-dealkylation sites (tertiary alicyclic amines) is 3. The fraction of sp³-hybridized carbons (Fsp3) is 0.460. The molecule has 3 aliphatic heterocycles. The third kappa shape index (κ3) is 26.9. The molecule has 8 aromatic rings. The summed E-state index contributed by atoms with van der Waals surface area (Å²) in [4.78, 5) is 197. The maximum absolute atomic E-state index is 15.7. The predicted molar refractivity (Wildman–Crippen MR) is 558 cm³/mol. The summed E-state index contributed by atoms with van der Waals surface area (Å²) in [7, 11) is 0. The van der Waals surface area contributed by atoms with Crippen molar-refractivity contribution in [3.63, 3.8) is 0 Å². The molecule has 12 rings (SSSR count). The van der Waals surface area contributed by atoms with E-state index in [0.717, 1.165) is 55.6 Å². The second-order valence-electron chi connectivity index (χ2n) is 40.2. The Kier molecular flexibility index (Phi) is 38.4. The lowest BCUT2D eigenvalue weighted by Gasteiger charge is -2.37. The molecule has 31 heteroatoms. The Morgan fingerprint density at radius 3 is 1.12 bits per heavy atom. The Morgan fingerprint density at radius 1 is 0.368 bits per heavy atom. The first-order valence-electron chi connectivity index (χ1n) is 50.4. The number of carbonyl (C=O) groups is 13. The number of carbonyl (C=O) groups excluding carboxylic acids is 12. The van der Waals surface area contributed by atoms with Gasteiger partial charge in [-0.25, -0.2) is 9.59 Å². The highest BCUT2D eigenvalue weighted by Crippen LogP contribution is 2.51. The molecular weight excluding hydrogens is 1860 g/mol. The minimum absolute atomic E-state index is 0.00545. The van der Waals surface area contributed by atoms with Crippen LogP contribution < -0.4 is 47.9 Å². The molecule has 0 aromatic heterocycles. The lowest BCUT2D eigenvalue weighted by molar-refractivity contribution is -0.149. The van der Waals surface area contributed by atoms with E-state index >= 15 is 24.0 Å². The van der Waals surface area contributed by atoms with Crippen molar-refractivity contribution in [2.45, 2.75) is 267 Å². The molecule has 0 radical (unpaired) electrons. The van der Waals surface area contributed by atoms with Crippen LogP contribution in [0.1, 0.15) is 212 Å². The van der Waals surface area contributed by atoms with E-state index in [2.05, 4.69) is 47.9 Å². The van der Waals surface area contributed by atoms with Gasteiger partial charge in [-0.3, -0.25) is 52.7 Å². The van der Waals surface area contributed by atoms with Crippen LogP contribution in [0.3, 0.4) is 0 Å². The fourth-order valence-corrected chi connectivity index (χ4v) is 22.6. The van der Waals surface area contributed by atoms with Crippen molar-refractivity contribution in [3.8, 4) is 11.1 Å². The van der Waals surface area contributed by atoms with Gasteiger partial charge in [-0.1, -0.05) is 291 Å². The van der Waals surface area contributed by atoms with Crippen molar-refractivity contribution < 1.29 is 81.6 Å². The molecule has 10 N–H and O–H groups in total. The van der Waals surface area contributed by atoms with E-state index in [9.17, 15) is 43.5 Å². The maximum Gasteiger partial charge on any atom is 0.407 e. The number of fused-ring (bicyclic) bond motifs is 3. The van der Waals surface area contributed by atoms with E-state index < -0.39 is 201 Å². The average Bonchev–Trinajstić information content (AvgIpc) is 1.36. The van der Waals surface area contributed by atoms with Gasteiger partial charge in [-0.2, -0.15) is 0 Å². The zero-order valence-corrected chi connectivity index (χ0v) is 86.8. The van der Waals surface area contributed by atoms with E-state index in [-0.39, 0.29) is 62.9 Å². The summed E-state index contributed by atoms with van der Waals surface area (Å²) in [6.45, 7) is 25.6. The SMILES string of the molecule is CC[C@H](C)[C@H](NC(=O)[C@@H]1CCCN1C(=O)[C@H](CSC(c1ccccc1)(c1ccccc1)c1ccccc1)NC(=O)OCC1c2ccccc2-c2ccccc21)C(=O)N[C@@H](C)C(=O)N[C@H](C(=O)N[C@@H](C)C(=O)N[C@@H](COC(C)(C)C)C(=O)N[C@H](C(=O)N1CCC[C@H]1C(=O)N1CCC[C@H]1C(=O)N[C@H](C(=O)N[C@@H](CSC(c1ccccc1)(c1ccccc1)c1ccccc1)C(=O)O)[C@@H](C)CC)[C@@H](C)CC)[C@@H](C)OC(C)(C)C. The Morgan fingerprint density at radius 2 is 0.715 bits per heavy atom. The van der Waals surface area contributed by atoms with Crippen molar-refractivity contribution in [1.82, 2.24) is 62.6 Å². The van der Waals surface area contributed by atoms with E-state index in [1.165, 1.54) is 52.1 Å². The van der Waals surface area contributed by atoms with Gasteiger partial charge in [-0.05, 0) is 174 Å². The molecule has 1 aliphatic carbocycles. The van der Waals surface area contributed by atoms with Crippen molar-refractivity contribution >= 4 is 101 Å². The summed E-state index contributed by atoms with van der Waals surface area (Å²) in [6.07, 6.45) is 1.10. The number of thioether (sulfide) groups is 2. The summed E-state index contributed by atoms with van der Waals surface area (Å²) in [5, 5.41) is 36.3.